The third kappa shape index (κ3) is 4.96. The highest BCUT2D eigenvalue weighted by molar-refractivity contribution is 7.98. The van der Waals surface area contributed by atoms with Gasteiger partial charge in [-0.15, -0.1) is 11.8 Å². The summed E-state index contributed by atoms with van der Waals surface area (Å²) in [5, 5.41) is 10.8. The molecule has 0 N–H and O–H groups in total. The molecule has 2 aromatic carbocycles. The maximum absolute atomic E-state index is 12.2. The van der Waals surface area contributed by atoms with Crippen molar-refractivity contribution in [3.05, 3.63) is 75.8 Å². The van der Waals surface area contributed by atoms with E-state index >= 15 is 0 Å². The van der Waals surface area contributed by atoms with Gasteiger partial charge in [-0.3, -0.25) is 14.9 Å². The molecule has 0 aliphatic rings. The van der Waals surface area contributed by atoms with Crippen LogP contribution in [0, 0.1) is 10.1 Å². The third-order valence-electron chi connectivity index (χ3n) is 3.45. The summed E-state index contributed by atoms with van der Waals surface area (Å²) >= 11 is 1.67. The van der Waals surface area contributed by atoms with Crippen molar-refractivity contribution >= 4 is 29.4 Å². The van der Waals surface area contributed by atoms with Crippen molar-refractivity contribution in [3.63, 3.8) is 0 Å². The van der Waals surface area contributed by atoms with Crippen molar-refractivity contribution in [3.8, 4) is 0 Å². The molecular weight excluding hydrogens is 324 g/mol. The van der Waals surface area contributed by atoms with Crippen molar-refractivity contribution in [2.24, 2.45) is 0 Å². The van der Waals surface area contributed by atoms with Gasteiger partial charge in [0.25, 0.3) is 5.69 Å². The highest BCUT2D eigenvalue weighted by Crippen LogP contribution is 2.16. The number of benzene rings is 2. The predicted molar refractivity (Wildman–Crippen MR) is 96.8 cm³/mol. The molecule has 0 fully saturated rings. The molecule has 0 saturated heterocycles. The molecule has 2 aromatic rings. The number of thioether (sulfide) groups is 1. The molecular formula is C18H18N2O3S. The molecule has 0 heterocycles. The van der Waals surface area contributed by atoms with Gasteiger partial charge in [-0.25, -0.2) is 0 Å². The Bertz CT molecular complexity index is 757. The normalized spacial score (nSPS) is 10.8. The smallest absolute Gasteiger partial charge is 0.270 e. The number of non-ortho nitro benzene ring substituents is 1. The lowest BCUT2D eigenvalue weighted by atomic mass is 10.2. The maximum Gasteiger partial charge on any atom is 0.270 e. The summed E-state index contributed by atoms with van der Waals surface area (Å²) in [7, 11) is 1.72. The first kappa shape index (κ1) is 17.7. The zero-order chi connectivity index (χ0) is 17.5. The van der Waals surface area contributed by atoms with Crippen LogP contribution in [0.4, 0.5) is 5.69 Å². The molecule has 0 spiro atoms. The molecule has 0 aliphatic carbocycles. The molecule has 0 aromatic heterocycles. The van der Waals surface area contributed by atoms with E-state index in [1.807, 2.05) is 30.5 Å². The van der Waals surface area contributed by atoms with Crippen molar-refractivity contribution in [1.82, 2.24) is 4.90 Å². The van der Waals surface area contributed by atoms with E-state index in [4.69, 9.17) is 0 Å². The molecule has 1 amide bonds. The predicted octanol–water partition coefficient (Wildman–Crippen LogP) is 3.99. The summed E-state index contributed by atoms with van der Waals surface area (Å²) < 4.78 is 0. The van der Waals surface area contributed by atoms with Crippen LogP contribution in [0.1, 0.15) is 11.1 Å². The Morgan fingerprint density at radius 1 is 1.25 bits per heavy atom. The monoisotopic (exact) mass is 342 g/mol. The molecule has 0 saturated carbocycles. The number of likely N-dealkylation sites (N-methyl/N-ethyl adjacent to an activating group) is 1. The Morgan fingerprint density at radius 2 is 1.96 bits per heavy atom. The lowest BCUT2D eigenvalue weighted by Crippen LogP contribution is -2.24. The topological polar surface area (TPSA) is 63.5 Å². The van der Waals surface area contributed by atoms with Crippen LogP contribution in [-0.4, -0.2) is 29.0 Å². The SMILES string of the molecule is CSc1ccc(CN(C)C(=O)/C=C/c2cccc([N+](=O)[O-])c2)cc1. The van der Waals surface area contributed by atoms with E-state index in [1.54, 1.807) is 41.9 Å². The summed E-state index contributed by atoms with van der Waals surface area (Å²) in [4.78, 5) is 25.2. The van der Waals surface area contributed by atoms with Crippen molar-refractivity contribution in [2.75, 3.05) is 13.3 Å². The van der Waals surface area contributed by atoms with Gasteiger partial charge in [0.2, 0.25) is 5.91 Å². The number of rotatable bonds is 6. The average Bonchev–Trinajstić information content (AvgIpc) is 2.60. The second kappa shape index (κ2) is 8.31. The maximum atomic E-state index is 12.2. The van der Waals surface area contributed by atoms with E-state index in [0.29, 0.717) is 12.1 Å². The van der Waals surface area contributed by atoms with E-state index in [1.165, 1.54) is 23.1 Å². The number of nitro groups is 1. The minimum atomic E-state index is -0.455. The zero-order valence-corrected chi connectivity index (χ0v) is 14.3. The van der Waals surface area contributed by atoms with Crippen molar-refractivity contribution < 1.29 is 9.72 Å². The van der Waals surface area contributed by atoms with Crippen LogP contribution >= 0.6 is 11.8 Å². The molecule has 0 unspecified atom stereocenters. The van der Waals surface area contributed by atoms with Gasteiger partial charge in [-0.2, -0.15) is 0 Å². The number of nitrogens with zero attached hydrogens (tertiary/aromatic N) is 2. The molecule has 6 heteroatoms. The molecule has 0 bridgehead atoms. The molecule has 5 nitrogen and oxygen atoms in total. The fourth-order valence-corrected chi connectivity index (χ4v) is 2.53. The van der Waals surface area contributed by atoms with E-state index < -0.39 is 4.92 Å². The Kier molecular flexibility index (Phi) is 6.14. The molecule has 24 heavy (non-hydrogen) atoms. The van der Waals surface area contributed by atoms with Gasteiger partial charge < -0.3 is 4.90 Å². The van der Waals surface area contributed by atoms with Crippen LogP contribution < -0.4 is 0 Å². The van der Waals surface area contributed by atoms with Gasteiger partial charge in [-0.05, 0) is 35.6 Å². The Morgan fingerprint density at radius 3 is 2.58 bits per heavy atom. The van der Waals surface area contributed by atoms with Crippen LogP contribution in [0.15, 0.2) is 59.5 Å². The first-order chi connectivity index (χ1) is 11.5. The average molecular weight is 342 g/mol. The summed E-state index contributed by atoms with van der Waals surface area (Å²) in [5.74, 6) is -0.157. The van der Waals surface area contributed by atoms with E-state index in [0.717, 1.165) is 5.56 Å². The second-order valence-electron chi connectivity index (χ2n) is 5.23. The summed E-state index contributed by atoms with van der Waals surface area (Å²) in [5.41, 5.74) is 1.68. The quantitative estimate of drug-likeness (QED) is 0.345. The van der Waals surface area contributed by atoms with Crippen LogP contribution in [0.5, 0.6) is 0 Å². The summed E-state index contributed by atoms with van der Waals surface area (Å²) in [6.07, 6.45) is 5.03. The van der Waals surface area contributed by atoms with Crippen LogP contribution in [0.25, 0.3) is 6.08 Å². The Hall–Kier alpha value is -2.60. The first-order valence-electron chi connectivity index (χ1n) is 7.30. The lowest BCUT2D eigenvalue weighted by molar-refractivity contribution is -0.384. The number of nitro benzene ring substituents is 1. The van der Waals surface area contributed by atoms with Crippen molar-refractivity contribution in [2.45, 2.75) is 11.4 Å². The van der Waals surface area contributed by atoms with Gasteiger partial charge in [0.15, 0.2) is 0 Å². The second-order valence-corrected chi connectivity index (χ2v) is 6.11. The fourth-order valence-electron chi connectivity index (χ4n) is 2.12. The number of carbonyl (C=O) groups is 1. The summed E-state index contributed by atoms with van der Waals surface area (Å²) in [6.45, 7) is 0.507. The molecule has 0 radical (unpaired) electrons. The minimum Gasteiger partial charge on any atom is -0.338 e. The van der Waals surface area contributed by atoms with Crippen molar-refractivity contribution in [1.29, 1.82) is 0 Å². The number of carbonyl (C=O) groups excluding carboxylic acids is 1. The lowest BCUT2D eigenvalue weighted by Gasteiger charge is -2.15. The van der Waals surface area contributed by atoms with E-state index in [2.05, 4.69) is 0 Å². The van der Waals surface area contributed by atoms with Gasteiger partial charge in [0.1, 0.15) is 0 Å². The van der Waals surface area contributed by atoms with Gasteiger partial charge in [0.05, 0.1) is 4.92 Å². The number of amides is 1. The number of hydrogen-bond acceptors (Lipinski definition) is 4. The Labute approximate surface area is 145 Å². The summed E-state index contributed by atoms with van der Waals surface area (Å²) in [6, 6.07) is 14.2. The van der Waals surface area contributed by atoms with Crippen LogP contribution in [0.2, 0.25) is 0 Å². The first-order valence-corrected chi connectivity index (χ1v) is 8.52. The van der Waals surface area contributed by atoms with E-state index in [9.17, 15) is 14.9 Å². The fraction of sp³-hybridized carbons (Fsp3) is 0.167. The minimum absolute atomic E-state index is 0.00633. The third-order valence-corrected chi connectivity index (χ3v) is 4.20. The zero-order valence-electron chi connectivity index (χ0n) is 13.5. The van der Waals surface area contributed by atoms with Gasteiger partial charge in [0, 0.05) is 36.7 Å². The Balaban J connectivity index is 1.99. The molecule has 2 rings (SSSR count). The van der Waals surface area contributed by atoms with Gasteiger partial charge in [-0.1, -0.05) is 24.3 Å². The van der Waals surface area contributed by atoms with Gasteiger partial charge >= 0.3 is 0 Å². The largest absolute Gasteiger partial charge is 0.338 e. The molecule has 0 aliphatic heterocycles. The van der Waals surface area contributed by atoms with Crippen LogP contribution in [-0.2, 0) is 11.3 Å². The number of hydrogen-bond donors (Lipinski definition) is 0. The molecule has 0 atom stereocenters. The van der Waals surface area contributed by atoms with Crippen LogP contribution in [0.3, 0.4) is 0 Å². The highest BCUT2D eigenvalue weighted by Gasteiger charge is 2.07. The van der Waals surface area contributed by atoms with E-state index in [-0.39, 0.29) is 11.6 Å². The standard InChI is InChI=1S/C18H18N2O3S/c1-19(13-15-6-9-17(24-2)10-7-15)18(21)11-8-14-4-3-5-16(12-14)20(22)23/h3-12H,13H2,1-2H3/b11-8+. The molecule has 124 valence electrons. The highest BCUT2D eigenvalue weighted by atomic mass is 32.2.